The molecule has 0 bridgehead atoms. The summed E-state index contributed by atoms with van der Waals surface area (Å²) in [4.78, 5) is 17.8. The molecule has 5 rings (SSSR count). The summed E-state index contributed by atoms with van der Waals surface area (Å²) in [5.74, 6) is -0.845. The largest absolute Gasteiger partial charge is 0.384 e. The van der Waals surface area contributed by atoms with E-state index in [0.717, 1.165) is 16.5 Å². The Hall–Kier alpha value is -3.85. The molecule has 1 atom stereocenters. The van der Waals surface area contributed by atoms with Gasteiger partial charge in [-0.15, -0.1) is 0 Å². The van der Waals surface area contributed by atoms with E-state index >= 15 is 0 Å². The third kappa shape index (κ3) is 2.63. The van der Waals surface area contributed by atoms with Crippen LogP contribution in [0.5, 0.6) is 0 Å². The number of Topliss-reactive ketones (excluding diaryl/α,β-unsaturated/α-hetero) is 1. The van der Waals surface area contributed by atoms with Gasteiger partial charge in [0.1, 0.15) is 11.6 Å². The maximum atomic E-state index is 14.7. The van der Waals surface area contributed by atoms with Crippen molar-refractivity contribution in [3.8, 4) is 6.07 Å². The molecule has 30 heavy (non-hydrogen) atoms. The van der Waals surface area contributed by atoms with E-state index in [-0.39, 0.29) is 22.9 Å². The highest BCUT2D eigenvalue weighted by Gasteiger charge is 2.40. The van der Waals surface area contributed by atoms with Crippen molar-refractivity contribution in [3.63, 3.8) is 0 Å². The van der Waals surface area contributed by atoms with Gasteiger partial charge in [-0.2, -0.15) is 5.26 Å². The highest BCUT2D eigenvalue weighted by molar-refractivity contribution is 6.01. The lowest BCUT2D eigenvalue weighted by atomic mass is 9.75. The minimum atomic E-state index is -0.555. The van der Waals surface area contributed by atoms with Crippen LogP contribution < -0.4 is 10.6 Å². The number of ketones is 1. The number of aromatic nitrogens is 1. The number of nitrogens with two attached hydrogens (primary N) is 1. The van der Waals surface area contributed by atoms with Crippen LogP contribution in [0, 0.1) is 17.1 Å². The number of halogens is 1. The van der Waals surface area contributed by atoms with Crippen LogP contribution in [0.4, 0.5) is 10.1 Å². The second-order valence-corrected chi connectivity index (χ2v) is 7.59. The normalized spacial score (nSPS) is 19.3. The number of H-pyrrole nitrogens is 1. The topological polar surface area (TPSA) is 85.9 Å². The maximum Gasteiger partial charge on any atom is 0.161 e. The van der Waals surface area contributed by atoms with Crippen LogP contribution in [0.3, 0.4) is 0 Å². The van der Waals surface area contributed by atoms with Gasteiger partial charge in [0.25, 0.3) is 0 Å². The maximum absolute atomic E-state index is 14.7. The van der Waals surface area contributed by atoms with Crippen molar-refractivity contribution in [3.05, 3.63) is 88.8 Å². The predicted octanol–water partition coefficient (Wildman–Crippen LogP) is 4.61. The Balaban J connectivity index is 1.77. The van der Waals surface area contributed by atoms with Crippen molar-refractivity contribution in [2.45, 2.75) is 25.2 Å². The van der Waals surface area contributed by atoms with Crippen LogP contribution in [0.2, 0.25) is 0 Å². The highest BCUT2D eigenvalue weighted by Crippen LogP contribution is 2.46. The summed E-state index contributed by atoms with van der Waals surface area (Å²) in [6, 6.07) is 16.3. The number of nitrogens with zero attached hydrogens (tertiary/aromatic N) is 2. The average molecular weight is 398 g/mol. The second kappa shape index (κ2) is 6.89. The first-order valence-corrected chi connectivity index (χ1v) is 9.88. The van der Waals surface area contributed by atoms with Crippen molar-refractivity contribution in [2.24, 2.45) is 5.73 Å². The summed E-state index contributed by atoms with van der Waals surface area (Å²) in [6.07, 6.45) is 3.52. The molecule has 0 saturated heterocycles. The van der Waals surface area contributed by atoms with Gasteiger partial charge in [-0.25, -0.2) is 4.39 Å². The molecule has 0 radical (unpaired) electrons. The quantitative estimate of drug-likeness (QED) is 0.660. The number of benzene rings is 2. The fraction of sp³-hybridized carbons (Fsp3) is 0.167. The zero-order valence-corrected chi connectivity index (χ0v) is 16.2. The standard InChI is InChI=1S/C24H19FN4O/c25-17-4-1-2-5-19(17)29-20-6-3-7-21(30)23(20)22(16(13-26)24(29)27)15-8-9-18-14(12-15)10-11-28-18/h1-2,4-5,8-12,22,28H,3,6-7,27H2. The molecule has 0 amide bonds. The fourth-order valence-corrected chi connectivity index (χ4v) is 4.58. The molecular weight excluding hydrogens is 379 g/mol. The molecule has 0 spiro atoms. The molecule has 148 valence electrons. The molecule has 2 aromatic carbocycles. The van der Waals surface area contributed by atoms with Crippen LogP contribution in [-0.2, 0) is 4.79 Å². The minimum absolute atomic E-state index is 0.0167. The third-order valence-electron chi connectivity index (χ3n) is 5.92. The van der Waals surface area contributed by atoms with Crippen molar-refractivity contribution < 1.29 is 9.18 Å². The number of aromatic amines is 1. The molecule has 2 heterocycles. The number of anilines is 1. The van der Waals surface area contributed by atoms with E-state index in [1.807, 2.05) is 30.5 Å². The Kier molecular flexibility index (Phi) is 4.18. The summed E-state index contributed by atoms with van der Waals surface area (Å²) in [6.45, 7) is 0. The van der Waals surface area contributed by atoms with E-state index in [1.54, 1.807) is 23.1 Å². The summed E-state index contributed by atoms with van der Waals surface area (Å²) < 4.78 is 14.7. The van der Waals surface area contributed by atoms with E-state index in [2.05, 4.69) is 11.1 Å². The Morgan fingerprint density at radius 2 is 2.00 bits per heavy atom. The molecule has 1 aromatic heterocycles. The molecule has 1 aliphatic carbocycles. The summed E-state index contributed by atoms with van der Waals surface area (Å²) in [7, 11) is 0. The SMILES string of the molecule is N#CC1=C(N)N(c2ccccc2F)C2=C(C(=O)CCC2)C1c1ccc2[nH]ccc2c1. The van der Waals surface area contributed by atoms with Gasteiger partial charge in [-0.3, -0.25) is 9.69 Å². The lowest BCUT2D eigenvalue weighted by molar-refractivity contribution is -0.116. The third-order valence-corrected chi connectivity index (χ3v) is 5.92. The number of rotatable bonds is 2. The van der Waals surface area contributed by atoms with Gasteiger partial charge in [-0.1, -0.05) is 18.2 Å². The van der Waals surface area contributed by atoms with E-state index in [9.17, 15) is 14.4 Å². The van der Waals surface area contributed by atoms with Crippen molar-refractivity contribution in [1.29, 1.82) is 5.26 Å². The predicted molar refractivity (Wildman–Crippen MR) is 113 cm³/mol. The smallest absolute Gasteiger partial charge is 0.161 e. The molecule has 0 fully saturated rings. The average Bonchev–Trinajstić information content (AvgIpc) is 3.22. The van der Waals surface area contributed by atoms with Gasteiger partial charge in [0.2, 0.25) is 0 Å². The number of para-hydroxylation sites is 1. The van der Waals surface area contributed by atoms with Gasteiger partial charge >= 0.3 is 0 Å². The van der Waals surface area contributed by atoms with Crippen LogP contribution in [-0.4, -0.2) is 10.8 Å². The zero-order chi connectivity index (χ0) is 20.8. The number of hydrogen-bond donors (Lipinski definition) is 2. The van der Waals surface area contributed by atoms with Crippen LogP contribution >= 0.6 is 0 Å². The molecule has 1 aliphatic heterocycles. The molecule has 6 heteroatoms. The monoisotopic (exact) mass is 398 g/mol. The van der Waals surface area contributed by atoms with Crippen molar-refractivity contribution in [1.82, 2.24) is 4.98 Å². The second-order valence-electron chi connectivity index (χ2n) is 7.59. The van der Waals surface area contributed by atoms with Crippen molar-refractivity contribution >= 4 is 22.4 Å². The van der Waals surface area contributed by atoms with Gasteiger partial charge in [0.05, 0.1) is 23.2 Å². The lowest BCUT2D eigenvalue weighted by Gasteiger charge is -2.39. The minimum Gasteiger partial charge on any atom is -0.384 e. The number of nitriles is 1. The molecule has 3 aromatic rings. The summed E-state index contributed by atoms with van der Waals surface area (Å²) in [5, 5.41) is 11.0. The van der Waals surface area contributed by atoms with Crippen LogP contribution in [0.15, 0.2) is 77.4 Å². The van der Waals surface area contributed by atoms with E-state index in [0.29, 0.717) is 30.5 Å². The molecule has 2 aliphatic rings. The van der Waals surface area contributed by atoms with E-state index < -0.39 is 11.7 Å². The van der Waals surface area contributed by atoms with Gasteiger partial charge < -0.3 is 10.7 Å². The number of carbonyl (C=O) groups excluding carboxylic acids is 1. The summed E-state index contributed by atoms with van der Waals surface area (Å²) in [5.41, 5.74) is 10.0. The first-order chi connectivity index (χ1) is 14.6. The van der Waals surface area contributed by atoms with Crippen molar-refractivity contribution in [2.75, 3.05) is 4.90 Å². The van der Waals surface area contributed by atoms with E-state index in [1.165, 1.54) is 6.07 Å². The van der Waals surface area contributed by atoms with Crippen LogP contribution in [0.25, 0.3) is 10.9 Å². The molecule has 1 unspecified atom stereocenters. The molecule has 3 N–H and O–H groups in total. The molecular formula is C24H19FN4O. The Labute approximate surface area is 172 Å². The van der Waals surface area contributed by atoms with Gasteiger partial charge in [0.15, 0.2) is 5.78 Å². The number of allylic oxidation sites excluding steroid dienone is 3. The fourth-order valence-electron chi connectivity index (χ4n) is 4.58. The first-order valence-electron chi connectivity index (χ1n) is 9.88. The number of carbonyl (C=O) groups is 1. The lowest BCUT2D eigenvalue weighted by Crippen LogP contribution is -2.39. The van der Waals surface area contributed by atoms with Crippen LogP contribution in [0.1, 0.15) is 30.7 Å². The number of fused-ring (bicyclic) bond motifs is 1. The number of hydrogen-bond acceptors (Lipinski definition) is 4. The Morgan fingerprint density at radius 1 is 1.17 bits per heavy atom. The Morgan fingerprint density at radius 3 is 2.80 bits per heavy atom. The summed E-state index contributed by atoms with van der Waals surface area (Å²) >= 11 is 0. The van der Waals surface area contributed by atoms with E-state index in [4.69, 9.17) is 5.73 Å². The van der Waals surface area contributed by atoms with Gasteiger partial charge in [-0.05, 0) is 54.1 Å². The zero-order valence-electron chi connectivity index (χ0n) is 16.2. The first kappa shape index (κ1) is 18.2. The Bertz CT molecular complexity index is 1290. The highest BCUT2D eigenvalue weighted by atomic mass is 19.1. The number of nitrogens with one attached hydrogen (secondary N) is 1. The molecule has 5 nitrogen and oxygen atoms in total. The van der Waals surface area contributed by atoms with Gasteiger partial charge in [0, 0.05) is 29.4 Å². The molecule has 0 saturated carbocycles.